The van der Waals surface area contributed by atoms with Gasteiger partial charge in [0.1, 0.15) is 0 Å². The summed E-state index contributed by atoms with van der Waals surface area (Å²) in [5.74, 6) is 0.468. The third kappa shape index (κ3) is 10.7. The van der Waals surface area contributed by atoms with E-state index < -0.39 is 12.7 Å². The Kier molecular flexibility index (Phi) is 11.4. The fourth-order valence-corrected chi connectivity index (χ4v) is 2.41. The van der Waals surface area contributed by atoms with Crippen molar-refractivity contribution in [1.29, 1.82) is 0 Å². The van der Waals surface area contributed by atoms with Crippen LogP contribution < -0.4 is 16.0 Å². The number of carbonyl (C=O) groups excluding carboxylic acids is 1. The van der Waals surface area contributed by atoms with Crippen molar-refractivity contribution in [3.8, 4) is 0 Å². The number of hydrogen-bond acceptors (Lipinski definition) is 3. The summed E-state index contributed by atoms with van der Waals surface area (Å²) in [7, 11) is 0. The number of likely N-dealkylation sites (tertiary alicyclic amines) is 1. The molecule has 1 unspecified atom stereocenters. The lowest BCUT2D eigenvalue weighted by Crippen LogP contribution is -2.45. The molecule has 1 atom stereocenters. The first-order valence-electron chi connectivity index (χ1n) is 8.33. The SMILES string of the molecule is CCNC(=NCCNC(=O)C(C)C)NC1CCN(CC(F)(F)F)C1.I. The number of alkyl halides is 3. The van der Waals surface area contributed by atoms with Crippen molar-refractivity contribution < 1.29 is 18.0 Å². The molecule has 3 N–H and O–H groups in total. The Balaban J connectivity index is 0.00000576. The average Bonchev–Trinajstić information content (AvgIpc) is 2.88. The van der Waals surface area contributed by atoms with E-state index in [2.05, 4.69) is 20.9 Å². The molecule has 0 aliphatic carbocycles. The van der Waals surface area contributed by atoms with E-state index in [1.165, 1.54) is 4.90 Å². The summed E-state index contributed by atoms with van der Waals surface area (Å²) in [5.41, 5.74) is 0. The van der Waals surface area contributed by atoms with Gasteiger partial charge in [-0.05, 0) is 13.3 Å². The van der Waals surface area contributed by atoms with Gasteiger partial charge >= 0.3 is 6.18 Å². The van der Waals surface area contributed by atoms with Gasteiger partial charge < -0.3 is 16.0 Å². The second kappa shape index (κ2) is 11.8. The van der Waals surface area contributed by atoms with Crippen LogP contribution in [0.3, 0.4) is 0 Å². The molecule has 0 saturated carbocycles. The van der Waals surface area contributed by atoms with Crippen LogP contribution in [-0.4, -0.2) is 68.3 Å². The lowest BCUT2D eigenvalue weighted by molar-refractivity contribution is -0.143. The lowest BCUT2D eigenvalue weighted by Gasteiger charge is -2.19. The van der Waals surface area contributed by atoms with E-state index >= 15 is 0 Å². The third-order valence-corrected chi connectivity index (χ3v) is 3.57. The average molecular weight is 479 g/mol. The van der Waals surface area contributed by atoms with Crippen molar-refractivity contribution in [3.05, 3.63) is 0 Å². The predicted octanol–water partition coefficient (Wildman–Crippen LogP) is 1.57. The summed E-state index contributed by atoms with van der Waals surface area (Å²) in [6.45, 7) is 6.93. The molecule has 6 nitrogen and oxygen atoms in total. The van der Waals surface area contributed by atoms with Crippen LogP contribution in [0.2, 0.25) is 0 Å². The van der Waals surface area contributed by atoms with Gasteiger partial charge in [0.25, 0.3) is 0 Å². The number of nitrogens with zero attached hydrogens (tertiary/aromatic N) is 2. The van der Waals surface area contributed by atoms with E-state index in [4.69, 9.17) is 0 Å². The highest BCUT2D eigenvalue weighted by Crippen LogP contribution is 2.19. The molecule has 1 aliphatic heterocycles. The van der Waals surface area contributed by atoms with E-state index in [-0.39, 0.29) is 41.8 Å². The molecule has 10 heteroatoms. The van der Waals surface area contributed by atoms with Crippen LogP contribution in [0.5, 0.6) is 0 Å². The molecule has 0 aromatic rings. The number of hydrogen-bond donors (Lipinski definition) is 3. The van der Waals surface area contributed by atoms with Gasteiger partial charge in [0.05, 0.1) is 13.1 Å². The van der Waals surface area contributed by atoms with E-state index in [1.807, 2.05) is 20.8 Å². The number of aliphatic imine (C=N–C) groups is 1. The predicted molar refractivity (Wildman–Crippen MR) is 103 cm³/mol. The monoisotopic (exact) mass is 479 g/mol. The van der Waals surface area contributed by atoms with Crippen LogP contribution in [0.25, 0.3) is 0 Å². The van der Waals surface area contributed by atoms with Crippen LogP contribution >= 0.6 is 24.0 Å². The number of guanidine groups is 1. The highest BCUT2D eigenvalue weighted by atomic mass is 127. The molecular weight excluding hydrogens is 450 g/mol. The highest BCUT2D eigenvalue weighted by Gasteiger charge is 2.34. The summed E-state index contributed by atoms with van der Waals surface area (Å²) >= 11 is 0. The Labute approximate surface area is 164 Å². The Hall–Kier alpha value is -0.780. The number of carbonyl (C=O) groups is 1. The molecule has 1 heterocycles. The Bertz CT molecular complexity index is 432. The second-order valence-electron chi connectivity index (χ2n) is 6.19. The molecular formula is C15H29F3IN5O. The largest absolute Gasteiger partial charge is 0.401 e. The maximum atomic E-state index is 12.4. The van der Waals surface area contributed by atoms with Crippen LogP contribution in [0.1, 0.15) is 27.2 Å². The van der Waals surface area contributed by atoms with Gasteiger partial charge in [0.2, 0.25) is 5.91 Å². The summed E-state index contributed by atoms with van der Waals surface area (Å²) in [4.78, 5) is 17.2. The van der Waals surface area contributed by atoms with Crippen LogP contribution in [0.4, 0.5) is 13.2 Å². The molecule has 1 fully saturated rings. The first kappa shape index (κ1) is 24.2. The quantitative estimate of drug-likeness (QED) is 0.225. The Morgan fingerprint density at radius 2 is 2.00 bits per heavy atom. The van der Waals surface area contributed by atoms with Gasteiger partial charge in [0, 0.05) is 38.1 Å². The van der Waals surface area contributed by atoms with Gasteiger partial charge in [0.15, 0.2) is 5.96 Å². The maximum Gasteiger partial charge on any atom is 0.401 e. The molecule has 1 amide bonds. The van der Waals surface area contributed by atoms with Crippen molar-refractivity contribution in [2.75, 3.05) is 39.3 Å². The van der Waals surface area contributed by atoms with Gasteiger partial charge in [-0.25, -0.2) is 0 Å². The van der Waals surface area contributed by atoms with E-state index in [0.29, 0.717) is 45.1 Å². The minimum atomic E-state index is -4.16. The molecule has 0 aromatic carbocycles. The van der Waals surface area contributed by atoms with Crippen molar-refractivity contribution >= 4 is 35.8 Å². The van der Waals surface area contributed by atoms with Crippen molar-refractivity contribution in [1.82, 2.24) is 20.9 Å². The van der Waals surface area contributed by atoms with E-state index in [0.717, 1.165) is 0 Å². The lowest BCUT2D eigenvalue weighted by atomic mass is 10.2. The highest BCUT2D eigenvalue weighted by molar-refractivity contribution is 14.0. The summed E-state index contributed by atoms with van der Waals surface area (Å²) < 4.78 is 37.2. The fraction of sp³-hybridized carbons (Fsp3) is 0.867. The summed E-state index contributed by atoms with van der Waals surface area (Å²) in [6, 6.07) is -0.0598. The van der Waals surface area contributed by atoms with Gasteiger partial charge in [-0.1, -0.05) is 13.8 Å². The Morgan fingerprint density at radius 3 is 2.56 bits per heavy atom. The molecule has 0 spiro atoms. The molecule has 0 radical (unpaired) electrons. The van der Waals surface area contributed by atoms with Crippen LogP contribution in [0.15, 0.2) is 4.99 Å². The fourth-order valence-electron chi connectivity index (χ4n) is 2.41. The Morgan fingerprint density at radius 1 is 1.32 bits per heavy atom. The molecule has 25 heavy (non-hydrogen) atoms. The normalized spacial score (nSPS) is 18.8. The minimum Gasteiger partial charge on any atom is -0.357 e. The topological polar surface area (TPSA) is 68.8 Å². The van der Waals surface area contributed by atoms with Gasteiger partial charge in [-0.2, -0.15) is 13.2 Å². The third-order valence-electron chi connectivity index (χ3n) is 3.57. The van der Waals surface area contributed by atoms with Gasteiger partial charge in [-0.3, -0.25) is 14.7 Å². The number of halogens is 4. The molecule has 1 saturated heterocycles. The zero-order valence-corrected chi connectivity index (χ0v) is 17.3. The zero-order valence-electron chi connectivity index (χ0n) is 14.9. The van der Waals surface area contributed by atoms with Gasteiger partial charge in [-0.15, -0.1) is 24.0 Å². The number of nitrogens with one attached hydrogen (secondary N) is 3. The van der Waals surface area contributed by atoms with Crippen molar-refractivity contribution in [3.63, 3.8) is 0 Å². The van der Waals surface area contributed by atoms with Crippen LogP contribution in [0, 0.1) is 5.92 Å². The number of rotatable bonds is 7. The molecule has 1 rings (SSSR count). The smallest absolute Gasteiger partial charge is 0.357 e. The van der Waals surface area contributed by atoms with Crippen LogP contribution in [-0.2, 0) is 4.79 Å². The standard InChI is InChI=1S/C15H28F3N5O.HI/c1-4-19-14(21-7-6-20-13(24)11(2)3)22-12-5-8-23(9-12)10-15(16,17)18;/h11-12H,4-10H2,1-3H3,(H,20,24)(H2,19,21,22);1H. The molecule has 148 valence electrons. The van der Waals surface area contributed by atoms with Crippen molar-refractivity contribution in [2.24, 2.45) is 10.9 Å². The number of amides is 1. The minimum absolute atomic E-state index is 0. The zero-order chi connectivity index (χ0) is 18.2. The molecule has 1 aliphatic rings. The summed E-state index contributed by atoms with van der Waals surface area (Å²) in [5, 5.41) is 9.00. The first-order valence-corrected chi connectivity index (χ1v) is 8.33. The molecule has 0 bridgehead atoms. The first-order chi connectivity index (χ1) is 11.2. The van der Waals surface area contributed by atoms with E-state index in [1.54, 1.807) is 0 Å². The maximum absolute atomic E-state index is 12.4. The second-order valence-corrected chi connectivity index (χ2v) is 6.19. The van der Waals surface area contributed by atoms with E-state index in [9.17, 15) is 18.0 Å². The van der Waals surface area contributed by atoms with Crippen molar-refractivity contribution in [2.45, 2.75) is 39.4 Å². The summed E-state index contributed by atoms with van der Waals surface area (Å²) in [6.07, 6.45) is -3.52. The molecule has 0 aromatic heterocycles.